The summed E-state index contributed by atoms with van der Waals surface area (Å²) in [6.07, 6.45) is 19.0. The topological polar surface area (TPSA) is 429 Å². The summed E-state index contributed by atoms with van der Waals surface area (Å²) in [6.45, 7) is 13.9. The lowest BCUT2D eigenvalue weighted by Crippen LogP contribution is -2.56. The van der Waals surface area contributed by atoms with Gasteiger partial charge in [-0.3, -0.25) is 39.0 Å². The fourth-order valence-electron chi connectivity index (χ4n) is 21.5. The molecule has 0 spiro atoms. The SMILES string of the molecule is C=S(C)(=O)N1CCC(C(F)(F)C(O)c2c(F)c(Cl)cc3cn[nH]c23)CC1.C=S(C)(=O)N1[C@@H]2CC[C@H]1CC(C(C)(C)C(O)c1c(F)c(Cl)cc3cn[nH]c13)C2.CC(C)(C1CCN(S(C)(=O)=O)CC1)C(O)c1c(F)ccc2cn[nH]c12.CC1(C(O)c2c(Cl)c(Cl)cc3cn[nH]c23)CCCCC1.CC1(C(O)c2cc(Cl)cc3cn[nH]c23)CCN(S(C)(=O)=O)CC1.OC(c1cc(Cl)cc2cn[nH]c12)C(F)(F)C1(O)CCC1. The molecule has 11 heterocycles. The Bertz CT molecular complexity index is 7050. The van der Waals surface area contributed by atoms with Crippen molar-refractivity contribution in [2.24, 2.45) is 39.4 Å². The maximum atomic E-state index is 15.0. The number of halogens is 13. The molecule has 7 fully saturated rings. The van der Waals surface area contributed by atoms with Crippen LogP contribution in [0.4, 0.5) is 30.7 Å². The van der Waals surface area contributed by atoms with Gasteiger partial charge in [0.2, 0.25) is 20.0 Å². The van der Waals surface area contributed by atoms with Crippen molar-refractivity contribution < 1.29 is 91.7 Å². The first kappa shape index (κ1) is 111. The van der Waals surface area contributed by atoms with Crippen LogP contribution in [0.5, 0.6) is 0 Å². The van der Waals surface area contributed by atoms with Gasteiger partial charge < -0.3 is 35.7 Å². The van der Waals surface area contributed by atoms with Crippen LogP contribution in [0.3, 0.4) is 0 Å². The summed E-state index contributed by atoms with van der Waals surface area (Å²) in [5.74, 6) is -2.91. The second-order valence-electron chi connectivity index (χ2n) is 41.0. The van der Waals surface area contributed by atoms with Gasteiger partial charge in [0.1, 0.15) is 35.3 Å². The van der Waals surface area contributed by atoms with Gasteiger partial charge in [-0.05, 0) is 191 Å². The number of hydrogen-bond donors (Lipinski definition) is 13. The molecule has 11 atom stereocenters. The summed E-state index contributed by atoms with van der Waals surface area (Å²) in [5.41, 5.74) is 0.0857. The minimum atomic E-state index is -3.64. The number of hydrogen-bond acceptors (Lipinski definition) is 19. The number of aliphatic hydroxyl groups excluding tert-OH is 6. The molecule has 142 heavy (non-hydrogen) atoms. The molecule has 2 bridgehead atoms. The summed E-state index contributed by atoms with van der Waals surface area (Å²) in [4.78, 5) is 0. The second kappa shape index (κ2) is 42.5. The van der Waals surface area contributed by atoms with Crippen LogP contribution in [0.2, 0.25) is 30.1 Å². The van der Waals surface area contributed by atoms with Crippen molar-refractivity contribution in [1.29, 1.82) is 0 Å². The third-order valence-corrected chi connectivity index (χ3v) is 38.0. The summed E-state index contributed by atoms with van der Waals surface area (Å²) >= 11 is 36.5. The monoisotopic (exact) mass is 2180 g/mol. The number of piperidine rings is 4. The van der Waals surface area contributed by atoms with E-state index in [0.717, 1.165) is 78.6 Å². The molecule has 6 aromatic carbocycles. The average molecular weight is 2180 g/mol. The molecule has 29 nitrogen and oxygen atoms in total. The van der Waals surface area contributed by atoms with Crippen LogP contribution in [0.15, 0.2) is 91.8 Å². The van der Waals surface area contributed by atoms with Gasteiger partial charge >= 0.3 is 5.92 Å². The summed E-state index contributed by atoms with van der Waals surface area (Å²) in [5, 5.41) is 120. The Balaban J connectivity index is 0.000000136. The number of nitrogens with zero attached hydrogens (tertiary/aromatic N) is 10. The third-order valence-electron chi connectivity index (χ3n) is 30.6. The highest BCUT2D eigenvalue weighted by Gasteiger charge is 2.61. The van der Waals surface area contributed by atoms with Crippen molar-refractivity contribution in [3.05, 3.63) is 173 Å². The van der Waals surface area contributed by atoms with E-state index in [9.17, 15) is 91.7 Å². The molecule has 13 N–H and O–H groups in total. The zero-order chi connectivity index (χ0) is 104. The maximum Gasteiger partial charge on any atom is 0.305 e. The van der Waals surface area contributed by atoms with Crippen molar-refractivity contribution in [2.45, 2.75) is 223 Å². The first-order chi connectivity index (χ1) is 66.2. The summed E-state index contributed by atoms with van der Waals surface area (Å²) < 4.78 is 180. The van der Waals surface area contributed by atoms with Crippen molar-refractivity contribution in [2.75, 3.05) is 64.3 Å². The summed E-state index contributed by atoms with van der Waals surface area (Å²) in [7, 11) is -11.1. The van der Waals surface area contributed by atoms with Gasteiger partial charge in [0.15, 0.2) is 0 Å². The van der Waals surface area contributed by atoms with Crippen LogP contribution in [0.1, 0.15) is 227 Å². The molecular weight excluding hydrogens is 2060 g/mol. The number of sulfonamides is 2. The van der Waals surface area contributed by atoms with E-state index in [4.69, 9.17) is 69.6 Å². The number of aromatic amines is 6. The van der Waals surface area contributed by atoms with E-state index in [2.05, 4.69) is 84.2 Å². The Hall–Kier alpha value is -7.11. The van der Waals surface area contributed by atoms with Gasteiger partial charge in [-0.1, -0.05) is 130 Å². The predicted molar refractivity (Wildman–Crippen MR) is 545 cm³/mol. The molecule has 0 amide bonds. The van der Waals surface area contributed by atoms with Gasteiger partial charge in [0.25, 0.3) is 5.92 Å². The normalized spacial score (nSPS) is 22.0. The Morgan fingerprint density at radius 1 is 0.415 bits per heavy atom. The number of aliphatic hydroxyl groups is 7. The quantitative estimate of drug-likeness (QED) is 0.0249. The van der Waals surface area contributed by atoms with Crippen LogP contribution in [-0.2, 0) is 39.5 Å². The van der Waals surface area contributed by atoms with E-state index in [1.165, 1.54) is 70.5 Å². The fraction of sp³-hybridized carbons (Fsp3) is 0.542. The molecule has 7 aliphatic rings. The standard InChI is InChI=1S/C20H27ClFN3O2S.C17H24FN3O3S.C16H19ClF3N3O2S.C15H18Cl2N2O.C15H20ClN3O3S.C13H13ClF2N2O2/c1-20(2,12-8-13-5-6-14(9-12)25(13)28(3,4)27)19(26)16-17(22)15(21)7-11-10-23-24-18(11)16;1-17(2,12-6-8-21(9-7-12)25(3,23)24)16(22)14-13(18)5-4-11-10-19-20-15(11)14;1-26(2,25)23-5-3-10(4-6-23)16(19,20)15(24)12-13(18)11(17)7-9-8-21-22-14(9)12;1-15(5-3-2-4-6-15)14(20)11-12(17)10(16)7-9-8-18-19-13(9)11;1-15(3-5-19(6-4-15)23(2,21)22)14(20)12-8-11(16)7-10-9-17-18-13(10)12;14-8-4-7-6-17-18-10(7)9(5-8)11(19)13(15,16)12(20)2-1-3-12/h7,10,12-14,19,26H,3,5-6,8-9H2,1-2,4H3,(H,23,24);4-5,10,12,16,22H,6-9H2,1-3H3,(H,19,20);7-8,10,15,24H,1,3-6H2,2H3,(H,21,22);7-8,14,20H,2-6H2,1H3,(H,18,19);7-9,14,20H,3-6H2,1-2H3,(H,17,18);4-6,11,19-20H,1-3H2,(H,17,18)/t12?,13-,14+,19?,28?;;;;;. The highest BCUT2D eigenvalue weighted by molar-refractivity contribution is 7.97. The molecule has 9 unspecified atom stereocenters. The number of fused-ring (bicyclic) bond motifs is 8. The molecule has 19 rings (SSSR count). The Morgan fingerprint density at radius 2 is 0.796 bits per heavy atom. The lowest BCUT2D eigenvalue weighted by atomic mass is 9.67. The Kier molecular flexibility index (Phi) is 33.1. The van der Waals surface area contributed by atoms with Crippen LogP contribution >= 0.6 is 69.6 Å². The van der Waals surface area contributed by atoms with E-state index < -0.39 is 139 Å². The number of nitrogens with one attached hydrogen (secondary N) is 6. The lowest BCUT2D eigenvalue weighted by Gasteiger charge is -2.47. The largest absolute Gasteiger partial charge is 0.388 e. The van der Waals surface area contributed by atoms with Crippen molar-refractivity contribution in [3.63, 3.8) is 0 Å². The number of benzene rings is 6. The number of alkyl halides is 4. The van der Waals surface area contributed by atoms with Gasteiger partial charge in [0.05, 0.1) is 127 Å². The number of H-pyrrole nitrogens is 6. The zero-order valence-electron chi connectivity index (χ0n) is 80.0. The molecule has 46 heteroatoms. The van der Waals surface area contributed by atoms with Crippen molar-refractivity contribution >= 4 is 186 Å². The molecule has 6 aromatic heterocycles. The predicted octanol–water partition coefficient (Wildman–Crippen LogP) is 19.3. The van der Waals surface area contributed by atoms with Crippen LogP contribution in [0, 0.1) is 56.9 Å². The maximum absolute atomic E-state index is 15.0. The van der Waals surface area contributed by atoms with Gasteiger partial charge in [-0.2, -0.15) is 30.6 Å². The minimum absolute atomic E-state index is 0.00848. The molecule has 2 saturated carbocycles. The molecule has 12 aromatic rings. The molecule has 5 aliphatic heterocycles. The molecule has 778 valence electrons. The highest BCUT2D eigenvalue weighted by atomic mass is 35.5. The van der Waals surface area contributed by atoms with E-state index in [-0.39, 0.29) is 105 Å². The first-order valence-electron chi connectivity index (χ1n) is 46.7. The zero-order valence-corrected chi connectivity index (χ0v) is 87.8. The first-order valence-corrected chi connectivity index (χ1v) is 56.8. The van der Waals surface area contributed by atoms with Crippen LogP contribution in [0.25, 0.3) is 65.4 Å². The van der Waals surface area contributed by atoms with Crippen molar-refractivity contribution in [1.82, 2.24) is 78.4 Å². The van der Waals surface area contributed by atoms with E-state index in [1.807, 2.05) is 34.6 Å². The van der Waals surface area contributed by atoms with Gasteiger partial charge in [-0.25, -0.2) is 64.8 Å². The highest BCUT2D eigenvalue weighted by Crippen LogP contribution is 2.57. The smallest absolute Gasteiger partial charge is 0.305 e. The van der Waals surface area contributed by atoms with Crippen LogP contribution < -0.4 is 0 Å². The Labute approximate surface area is 849 Å². The average Bonchev–Trinajstić information content (AvgIpc) is 1.25. The number of rotatable bonds is 20. The van der Waals surface area contributed by atoms with Crippen LogP contribution in [-0.4, -0.2) is 245 Å². The van der Waals surface area contributed by atoms with Crippen molar-refractivity contribution in [3.8, 4) is 0 Å². The second-order valence-corrected chi connectivity index (χ2v) is 52.2. The number of aromatic nitrogens is 12. The molecule has 0 radical (unpaired) electrons. The minimum Gasteiger partial charge on any atom is -0.388 e. The van der Waals surface area contributed by atoms with E-state index >= 15 is 0 Å². The lowest BCUT2D eigenvalue weighted by molar-refractivity contribution is -0.260. The molecule has 2 aliphatic carbocycles. The molecule has 5 saturated heterocycles. The van der Waals surface area contributed by atoms with Gasteiger partial charge in [-0.15, -0.1) is 0 Å². The molecular formula is C96H121Cl6F7N16O13S4. The van der Waals surface area contributed by atoms with E-state index in [0.29, 0.717) is 117 Å². The fourth-order valence-corrected chi connectivity index (χ4v) is 27.3. The Morgan fingerprint density at radius 3 is 1.25 bits per heavy atom. The third kappa shape index (κ3) is 22.6. The van der Waals surface area contributed by atoms with E-state index in [1.54, 1.807) is 65.7 Å². The summed E-state index contributed by atoms with van der Waals surface area (Å²) in [6, 6.07) is 14.3. The van der Waals surface area contributed by atoms with Gasteiger partial charge in [0, 0.05) is 170 Å².